The van der Waals surface area contributed by atoms with E-state index in [0.29, 0.717) is 12.3 Å². The molecule has 0 aromatic carbocycles. The van der Waals surface area contributed by atoms with Crippen molar-refractivity contribution in [2.75, 3.05) is 7.11 Å². The van der Waals surface area contributed by atoms with Gasteiger partial charge in [0.2, 0.25) is 5.91 Å². The van der Waals surface area contributed by atoms with Crippen molar-refractivity contribution in [2.24, 2.45) is 5.92 Å². The Labute approximate surface area is 61.7 Å². The second-order valence-electron chi connectivity index (χ2n) is 2.66. The molecule has 0 saturated carbocycles. The van der Waals surface area contributed by atoms with Crippen LogP contribution in [0.5, 0.6) is 0 Å². The number of hydrogen-bond donors (Lipinski definition) is 1. The van der Waals surface area contributed by atoms with Crippen LogP contribution >= 0.6 is 0 Å². The first-order valence-electron chi connectivity index (χ1n) is 3.48. The van der Waals surface area contributed by atoms with E-state index in [4.69, 9.17) is 0 Å². The predicted molar refractivity (Wildman–Crippen MR) is 39.2 cm³/mol. The van der Waals surface area contributed by atoms with E-state index in [1.807, 2.05) is 0 Å². The first-order chi connectivity index (χ1) is 4.66. The summed E-state index contributed by atoms with van der Waals surface area (Å²) in [6.07, 6.45) is 1.46. The van der Waals surface area contributed by atoms with Crippen LogP contribution in [0.3, 0.4) is 0 Å². The van der Waals surface area contributed by atoms with E-state index in [0.717, 1.165) is 6.42 Å². The third-order valence-electron chi connectivity index (χ3n) is 1.16. The molecule has 3 nitrogen and oxygen atoms in total. The van der Waals surface area contributed by atoms with Crippen LogP contribution in [-0.4, -0.2) is 13.0 Å². The van der Waals surface area contributed by atoms with Gasteiger partial charge in [0.1, 0.15) is 0 Å². The quantitative estimate of drug-likeness (QED) is 0.601. The molecule has 0 heterocycles. The highest BCUT2D eigenvalue weighted by Gasteiger charge is 2.00. The Bertz CT molecular complexity index is 102. The van der Waals surface area contributed by atoms with Gasteiger partial charge < -0.3 is 0 Å². The molecule has 0 aromatic heterocycles. The number of carbonyl (C=O) groups excluding carboxylic acids is 1. The van der Waals surface area contributed by atoms with Gasteiger partial charge in [0.05, 0.1) is 7.11 Å². The van der Waals surface area contributed by atoms with E-state index in [2.05, 4.69) is 24.2 Å². The molecule has 0 saturated heterocycles. The average Bonchev–Trinajstić information content (AvgIpc) is 1.85. The van der Waals surface area contributed by atoms with E-state index >= 15 is 0 Å². The van der Waals surface area contributed by atoms with Crippen molar-refractivity contribution in [1.29, 1.82) is 0 Å². The maximum absolute atomic E-state index is 10.7. The lowest BCUT2D eigenvalue weighted by atomic mass is 10.1. The van der Waals surface area contributed by atoms with Crippen molar-refractivity contribution >= 4 is 5.91 Å². The zero-order chi connectivity index (χ0) is 7.98. The lowest BCUT2D eigenvalue weighted by Crippen LogP contribution is -2.21. The van der Waals surface area contributed by atoms with Crippen LogP contribution in [0.25, 0.3) is 0 Å². The Balaban J connectivity index is 3.22. The van der Waals surface area contributed by atoms with Gasteiger partial charge in [-0.25, -0.2) is 5.48 Å². The molecular weight excluding hydrogens is 130 g/mol. The summed E-state index contributed by atoms with van der Waals surface area (Å²) in [7, 11) is 1.44. The van der Waals surface area contributed by atoms with Gasteiger partial charge >= 0.3 is 0 Å². The van der Waals surface area contributed by atoms with Gasteiger partial charge in [-0.2, -0.15) is 0 Å². The van der Waals surface area contributed by atoms with Crippen LogP contribution in [0.2, 0.25) is 0 Å². The Hall–Kier alpha value is -0.570. The van der Waals surface area contributed by atoms with Gasteiger partial charge in [0.15, 0.2) is 0 Å². The van der Waals surface area contributed by atoms with Crippen LogP contribution < -0.4 is 5.48 Å². The largest absolute Gasteiger partial charge is 0.277 e. The Kier molecular flexibility index (Phi) is 4.94. The molecule has 3 heteroatoms. The first kappa shape index (κ1) is 9.43. The van der Waals surface area contributed by atoms with Crippen molar-refractivity contribution < 1.29 is 9.63 Å². The Morgan fingerprint density at radius 2 is 2.20 bits per heavy atom. The summed E-state index contributed by atoms with van der Waals surface area (Å²) in [4.78, 5) is 15.1. The fourth-order valence-corrected chi connectivity index (χ4v) is 0.585. The van der Waals surface area contributed by atoms with Crippen LogP contribution in [0, 0.1) is 5.92 Å². The molecular formula is C7H15NO2. The van der Waals surface area contributed by atoms with Crippen molar-refractivity contribution in [2.45, 2.75) is 26.7 Å². The summed E-state index contributed by atoms with van der Waals surface area (Å²) in [5, 5.41) is 0. The SMILES string of the molecule is CONC(=O)CCC(C)C. The van der Waals surface area contributed by atoms with Gasteiger partial charge in [-0.3, -0.25) is 9.63 Å². The molecule has 0 radical (unpaired) electrons. The highest BCUT2D eigenvalue weighted by Crippen LogP contribution is 2.02. The highest BCUT2D eigenvalue weighted by atomic mass is 16.6. The number of carbonyl (C=O) groups is 1. The van der Waals surface area contributed by atoms with Crippen LogP contribution in [0.15, 0.2) is 0 Å². The zero-order valence-corrected chi connectivity index (χ0v) is 6.81. The van der Waals surface area contributed by atoms with Crippen LogP contribution in [0.4, 0.5) is 0 Å². The molecule has 0 aliphatic heterocycles. The van der Waals surface area contributed by atoms with Gasteiger partial charge in [-0.15, -0.1) is 0 Å². The second-order valence-corrected chi connectivity index (χ2v) is 2.66. The van der Waals surface area contributed by atoms with Gasteiger partial charge in [-0.05, 0) is 12.3 Å². The maximum Gasteiger partial charge on any atom is 0.243 e. The van der Waals surface area contributed by atoms with Crippen molar-refractivity contribution in [3.8, 4) is 0 Å². The molecule has 0 aliphatic rings. The predicted octanol–water partition coefficient (Wildman–Crippen LogP) is 1.10. The highest BCUT2D eigenvalue weighted by molar-refractivity contribution is 5.74. The minimum Gasteiger partial charge on any atom is -0.277 e. The topological polar surface area (TPSA) is 38.3 Å². The maximum atomic E-state index is 10.7. The molecule has 0 spiro atoms. The lowest BCUT2D eigenvalue weighted by Gasteiger charge is -2.03. The minimum atomic E-state index is -0.0452. The second kappa shape index (κ2) is 5.23. The monoisotopic (exact) mass is 145 g/mol. The Morgan fingerprint density at radius 3 is 2.60 bits per heavy atom. The minimum absolute atomic E-state index is 0.0452. The van der Waals surface area contributed by atoms with E-state index in [9.17, 15) is 4.79 Å². The molecule has 0 atom stereocenters. The molecule has 60 valence electrons. The summed E-state index contributed by atoms with van der Waals surface area (Å²) in [6, 6.07) is 0. The molecule has 0 bridgehead atoms. The third kappa shape index (κ3) is 5.56. The van der Waals surface area contributed by atoms with Crippen molar-refractivity contribution in [3.05, 3.63) is 0 Å². The van der Waals surface area contributed by atoms with E-state index < -0.39 is 0 Å². The van der Waals surface area contributed by atoms with Crippen molar-refractivity contribution in [1.82, 2.24) is 5.48 Å². The number of hydroxylamine groups is 1. The van der Waals surface area contributed by atoms with Crippen LogP contribution in [-0.2, 0) is 9.63 Å². The number of amides is 1. The van der Waals surface area contributed by atoms with Gasteiger partial charge in [-0.1, -0.05) is 13.8 Å². The number of hydrogen-bond acceptors (Lipinski definition) is 2. The van der Waals surface area contributed by atoms with E-state index in [1.54, 1.807) is 0 Å². The average molecular weight is 145 g/mol. The molecule has 0 aromatic rings. The molecule has 0 fully saturated rings. The zero-order valence-electron chi connectivity index (χ0n) is 6.81. The van der Waals surface area contributed by atoms with E-state index in [-0.39, 0.29) is 5.91 Å². The standard InChI is InChI=1S/C7H15NO2/c1-6(2)4-5-7(9)8-10-3/h6H,4-5H2,1-3H3,(H,8,9). The Morgan fingerprint density at radius 1 is 1.60 bits per heavy atom. The number of rotatable bonds is 4. The fraction of sp³-hybridized carbons (Fsp3) is 0.857. The fourth-order valence-electron chi connectivity index (χ4n) is 0.585. The van der Waals surface area contributed by atoms with Gasteiger partial charge in [0, 0.05) is 6.42 Å². The van der Waals surface area contributed by atoms with Crippen LogP contribution in [0.1, 0.15) is 26.7 Å². The molecule has 0 aliphatic carbocycles. The molecule has 1 N–H and O–H groups in total. The van der Waals surface area contributed by atoms with E-state index in [1.165, 1.54) is 7.11 Å². The summed E-state index contributed by atoms with van der Waals surface area (Å²) >= 11 is 0. The molecule has 0 unspecified atom stereocenters. The van der Waals surface area contributed by atoms with Crippen molar-refractivity contribution in [3.63, 3.8) is 0 Å². The third-order valence-corrected chi connectivity index (χ3v) is 1.16. The lowest BCUT2D eigenvalue weighted by molar-refractivity contribution is -0.131. The molecule has 1 amide bonds. The summed E-state index contributed by atoms with van der Waals surface area (Å²) < 4.78 is 0. The summed E-state index contributed by atoms with van der Waals surface area (Å²) in [5.41, 5.74) is 2.26. The smallest absolute Gasteiger partial charge is 0.243 e. The summed E-state index contributed by atoms with van der Waals surface area (Å²) in [5.74, 6) is 0.527. The van der Waals surface area contributed by atoms with Gasteiger partial charge in [0.25, 0.3) is 0 Å². The summed E-state index contributed by atoms with van der Waals surface area (Å²) in [6.45, 7) is 4.17. The number of nitrogens with one attached hydrogen (secondary N) is 1. The first-order valence-corrected chi connectivity index (χ1v) is 3.48. The molecule has 0 rings (SSSR count). The molecule has 10 heavy (non-hydrogen) atoms. The normalized spacial score (nSPS) is 10.0.